The molecule has 0 atom stereocenters. The topological polar surface area (TPSA) is 115 Å². The number of hydrogen-bond acceptors (Lipinski definition) is 5. The van der Waals surface area contributed by atoms with E-state index in [1.165, 1.54) is 6.20 Å². The van der Waals surface area contributed by atoms with Crippen LogP contribution in [0.15, 0.2) is 36.2 Å². The fourth-order valence-electron chi connectivity index (χ4n) is 1.16. The van der Waals surface area contributed by atoms with Crippen molar-refractivity contribution in [2.45, 2.75) is 6.54 Å². The number of rotatable bonds is 6. The first-order chi connectivity index (χ1) is 9.13. The number of carboxylic acid groups (broad SMARTS) is 1. The van der Waals surface area contributed by atoms with E-state index in [0.29, 0.717) is 6.54 Å². The Morgan fingerprint density at radius 1 is 1.47 bits per heavy atom. The average molecular weight is 260 g/mol. The van der Waals surface area contributed by atoms with E-state index in [9.17, 15) is 9.59 Å². The van der Waals surface area contributed by atoms with Crippen LogP contribution in [0.2, 0.25) is 0 Å². The number of carbonyl (C=O) groups is 2. The van der Waals surface area contributed by atoms with Crippen molar-refractivity contribution in [2.75, 3.05) is 6.54 Å². The Morgan fingerprint density at radius 2 is 2.26 bits per heavy atom. The van der Waals surface area contributed by atoms with Gasteiger partial charge in [0.05, 0.1) is 12.2 Å². The highest BCUT2D eigenvalue weighted by molar-refractivity contribution is 5.98. The SMILES string of the molecule is N#C/C(=C/NCc1ccccn1)C(=O)NCC(=O)O. The molecule has 98 valence electrons. The minimum atomic E-state index is -1.17. The van der Waals surface area contributed by atoms with Gasteiger partial charge in [0.2, 0.25) is 0 Å². The first-order valence-electron chi connectivity index (χ1n) is 5.37. The summed E-state index contributed by atoms with van der Waals surface area (Å²) in [5, 5.41) is 22.0. The summed E-state index contributed by atoms with van der Waals surface area (Å²) in [6.07, 6.45) is 2.86. The predicted molar refractivity (Wildman–Crippen MR) is 65.4 cm³/mol. The lowest BCUT2D eigenvalue weighted by atomic mass is 10.3. The van der Waals surface area contributed by atoms with Gasteiger partial charge in [-0.05, 0) is 12.1 Å². The third kappa shape index (κ3) is 5.32. The average Bonchev–Trinajstić information content (AvgIpc) is 2.42. The molecular weight excluding hydrogens is 248 g/mol. The summed E-state index contributed by atoms with van der Waals surface area (Å²) in [6.45, 7) is -0.170. The summed E-state index contributed by atoms with van der Waals surface area (Å²) in [5.41, 5.74) is 0.555. The second-order valence-electron chi connectivity index (χ2n) is 3.45. The maximum absolute atomic E-state index is 11.4. The molecule has 7 nitrogen and oxygen atoms in total. The molecule has 19 heavy (non-hydrogen) atoms. The van der Waals surface area contributed by atoms with E-state index in [2.05, 4.69) is 15.6 Å². The molecule has 0 saturated carbocycles. The Labute approximate surface area is 109 Å². The Morgan fingerprint density at radius 3 is 2.84 bits per heavy atom. The quantitative estimate of drug-likeness (QED) is 0.481. The lowest BCUT2D eigenvalue weighted by Crippen LogP contribution is -2.30. The molecule has 0 aliphatic carbocycles. The molecule has 7 heteroatoms. The van der Waals surface area contributed by atoms with Crippen LogP contribution in [0.5, 0.6) is 0 Å². The van der Waals surface area contributed by atoms with E-state index in [0.717, 1.165) is 5.69 Å². The zero-order valence-corrected chi connectivity index (χ0v) is 9.96. The van der Waals surface area contributed by atoms with Gasteiger partial charge in [-0.2, -0.15) is 5.26 Å². The smallest absolute Gasteiger partial charge is 0.322 e. The fraction of sp³-hybridized carbons (Fsp3) is 0.167. The Balaban J connectivity index is 2.51. The zero-order chi connectivity index (χ0) is 14.1. The van der Waals surface area contributed by atoms with Crippen molar-refractivity contribution in [3.05, 3.63) is 41.9 Å². The van der Waals surface area contributed by atoms with Crippen LogP contribution in [-0.2, 0) is 16.1 Å². The van der Waals surface area contributed by atoms with Gasteiger partial charge in [0.25, 0.3) is 5.91 Å². The number of nitriles is 1. The van der Waals surface area contributed by atoms with Crippen molar-refractivity contribution >= 4 is 11.9 Å². The zero-order valence-electron chi connectivity index (χ0n) is 9.96. The lowest BCUT2D eigenvalue weighted by molar-refractivity contribution is -0.137. The van der Waals surface area contributed by atoms with E-state index in [1.807, 2.05) is 6.07 Å². The minimum Gasteiger partial charge on any atom is -0.480 e. The van der Waals surface area contributed by atoms with Crippen molar-refractivity contribution < 1.29 is 14.7 Å². The van der Waals surface area contributed by atoms with Crippen LogP contribution < -0.4 is 10.6 Å². The van der Waals surface area contributed by atoms with Crippen molar-refractivity contribution in [2.24, 2.45) is 0 Å². The van der Waals surface area contributed by atoms with Crippen LogP contribution in [0.25, 0.3) is 0 Å². The summed E-state index contributed by atoms with van der Waals surface area (Å²) >= 11 is 0. The standard InChI is InChI=1S/C12H12N4O3/c13-5-9(12(19)16-8-11(17)18)6-14-7-10-3-1-2-4-15-10/h1-4,6,14H,7-8H2,(H,16,19)(H,17,18)/b9-6-. The minimum absolute atomic E-state index is 0.197. The van der Waals surface area contributed by atoms with Gasteiger partial charge in [0, 0.05) is 12.4 Å². The maximum Gasteiger partial charge on any atom is 0.322 e. The first kappa shape index (κ1) is 14.2. The molecule has 1 rings (SSSR count). The Bertz CT molecular complexity index is 520. The molecule has 0 spiro atoms. The van der Waals surface area contributed by atoms with Crippen molar-refractivity contribution in [3.63, 3.8) is 0 Å². The highest BCUT2D eigenvalue weighted by atomic mass is 16.4. The number of hydrogen-bond donors (Lipinski definition) is 3. The van der Waals surface area contributed by atoms with E-state index in [1.54, 1.807) is 24.4 Å². The molecule has 1 aromatic heterocycles. The van der Waals surface area contributed by atoms with Crippen LogP contribution >= 0.6 is 0 Å². The molecule has 1 amide bonds. The van der Waals surface area contributed by atoms with E-state index >= 15 is 0 Å². The van der Waals surface area contributed by atoms with Crippen molar-refractivity contribution in [1.82, 2.24) is 15.6 Å². The molecular formula is C12H12N4O3. The molecule has 0 bridgehead atoms. The summed E-state index contributed by atoms with van der Waals surface area (Å²) < 4.78 is 0. The normalized spacial score (nSPS) is 10.4. The number of aliphatic carboxylic acids is 1. The van der Waals surface area contributed by atoms with Gasteiger partial charge in [0.15, 0.2) is 0 Å². The largest absolute Gasteiger partial charge is 0.480 e. The Kier molecular flexibility index (Phi) is 5.56. The van der Waals surface area contributed by atoms with Crippen LogP contribution in [0.1, 0.15) is 5.69 Å². The molecule has 0 aliphatic heterocycles. The second-order valence-corrected chi connectivity index (χ2v) is 3.45. The number of nitrogens with one attached hydrogen (secondary N) is 2. The van der Waals surface area contributed by atoms with Gasteiger partial charge in [-0.1, -0.05) is 6.07 Å². The Hall–Kier alpha value is -2.88. The highest BCUT2D eigenvalue weighted by Gasteiger charge is 2.09. The monoisotopic (exact) mass is 260 g/mol. The molecule has 0 fully saturated rings. The first-order valence-corrected chi connectivity index (χ1v) is 5.37. The lowest BCUT2D eigenvalue weighted by Gasteiger charge is -2.02. The van der Waals surface area contributed by atoms with Crippen molar-refractivity contribution in [1.29, 1.82) is 5.26 Å². The van der Waals surface area contributed by atoms with Gasteiger partial charge in [-0.15, -0.1) is 0 Å². The molecule has 0 saturated heterocycles. The van der Waals surface area contributed by atoms with Crippen LogP contribution in [0.4, 0.5) is 0 Å². The van der Waals surface area contributed by atoms with Crippen LogP contribution in [-0.4, -0.2) is 28.5 Å². The van der Waals surface area contributed by atoms with Gasteiger partial charge in [-0.25, -0.2) is 0 Å². The van der Waals surface area contributed by atoms with Gasteiger partial charge >= 0.3 is 5.97 Å². The number of carbonyl (C=O) groups excluding carboxylic acids is 1. The van der Waals surface area contributed by atoms with Crippen molar-refractivity contribution in [3.8, 4) is 6.07 Å². The molecule has 0 radical (unpaired) electrons. The molecule has 1 aromatic rings. The maximum atomic E-state index is 11.4. The summed E-state index contributed by atoms with van der Waals surface area (Å²) in [4.78, 5) is 25.7. The van der Waals surface area contributed by atoms with Gasteiger partial charge in [-0.3, -0.25) is 14.6 Å². The van der Waals surface area contributed by atoms with Gasteiger partial charge < -0.3 is 15.7 Å². The number of amides is 1. The highest BCUT2D eigenvalue weighted by Crippen LogP contribution is 1.94. The predicted octanol–water partition coefficient (Wildman–Crippen LogP) is -0.221. The summed E-state index contributed by atoms with van der Waals surface area (Å²) in [5.74, 6) is -1.91. The molecule has 0 aliphatic rings. The van der Waals surface area contributed by atoms with E-state index in [4.69, 9.17) is 10.4 Å². The number of carboxylic acids is 1. The van der Waals surface area contributed by atoms with Crippen LogP contribution in [0.3, 0.4) is 0 Å². The number of pyridine rings is 1. The third-order valence-corrected chi connectivity index (χ3v) is 2.02. The van der Waals surface area contributed by atoms with Crippen LogP contribution in [0, 0.1) is 11.3 Å². The van der Waals surface area contributed by atoms with E-state index < -0.39 is 18.4 Å². The molecule has 3 N–H and O–H groups in total. The molecule has 0 aromatic carbocycles. The molecule has 0 unspecified atom stereocenters. The summed E-state index contributed by atoms with van der Waals surface area (Å²) in [7, 11) is 0. The molecule has 1 heterocycles. The third-order valence-electron chi connectivity index (χ3n) is 2.02. The fourth-order valence-corrected chi connectivity index (χ4v) is 1.16. The van der Waals surface area contributed by atoms with E-state index in [-0.39, 0.29) is 5.57 Å². The summed E-state index contributed by atoms with van der Waals surface area (Å²) in [6, 6.07) is 7.07. The second kappa shape index (κ2) is 7.45. The van der Waals surface area contributed by atoms with Gasteiger partial charge in [0.1, 0.15) is 18.2 Å². The number of nitrogens with zero attached hydrogens (tertiary/aromatic N) is 2. The number of aromatic nitrogens is 1.